The van der Waals surface area contributed by atoms with Gasteiger partial charge in [0.2, 0.25) is 0 Å². The number of aliphatic hydroxyl groups is 1. The number of halogens is 2. The van der Waals surface area contributed by atoms with Crippen LogP contribution in [-0.2, 0) is 31.5 Å². The summed E-state index contributed by atoms with van der Waals surface area (Å²) in [6.45, 7) is 3.13. The van der Waals surface area contributed by atoms with E-state index in [4.69, 9.17) is 4.74 Å². The largest absolute Gasteiger partial charge is 0.384 e. The molecule has 7 nitrogen and oxygen atoms in total. The maximum Gasteiger partial charge on any atom is 0.257 e. The fourth-order valence-electron chi connectivity index (χ4n) is 4.29. The zero-order valence-corrected chi connectivity index (χ0v) is 22.0. The van der Waals surface area contributed by atoms with Crippen LogP contribution in [0.5, 0.6) is 0 Å². The molecule has 38 heavy (non-hydrogen) atoms. The lowest BCUT2D eigenvalue weighted by molar-refractivity contribution is -0.144. The highest BCUT2D eigenvalue weighted by Gasteiger charge is 2.36. The smallest absolute Gasteiger partial charge is 0.257 e. The Morgan fingerprint density at radius 3 is 2.39 bits per heavy atom. The Morgan fingerprint density at radius 1 is 1.13 bits per heavy atom. The van der Waals surface area contributed by atoms with E-state index in [1.807, 2.05) is 0 Å². The SMILES string of the molecule is CO[C@H](C(=O)N(Cc1ccnc(C(C)(C)O)c1)[C@H]1C=CS(=O)(=O)C1)c1ccc(-c2ccc(F)cc2)cc1F. The third kappa shape index (κ3) is 6.15. The molecule has 0 radical (unpaired) electrons. The molecule has 0 saturated carbocycles. The minimum Gasteiger partial charge on any atom is -0.384 e. The summed E-state index contributed by atoms with van der Waals surface area (Å²) in [5.41, 5.74) is 0.816. The zero-order chi connectivity index (χ0) is 27.7. The quantitative estimate of drug-likeness (QED) is 0.457. The van der Waals surface area contributed by atoms with Crippen molar-refractivity contribution in [3.05, 3.63) is 101 Å². The van der Waals surface area contributed by atoms with Crippen LogP contribution >= 0.6 is 0 Å². The fraction of sp³-hybridized carbons (Fsp3) is 0.286. The number of hydrogen-bond donors (Lipinski definition) is 1. The van der Waals surface area contributed by atoms with E-state index in [0.29, 0.717) is 22.4 Å². The molecule has 2 aromatic carbocycles. The molecular formula is C28H28F2N2O5S. The normalized spacial score (nSPS) is 17.4. The average Bonchev–Trinajstić information content (AvgIpc) is 3.23. The summed E-state index contributed by atoms with van der Waals surface area (Å²) < 4.78 is 58.4. The Balaban J connectivity index is 1.68. The molecule has 1 N–H and O–H groups in total. The monoisotopic (exact) mass is 542 g/mol. The first-order valence-corrected chi connectivity index (χ1v) is 13.6. The molecule has 2 atom stereocenters. The highest BCUT2D eigenvalue weighted by molar-refractivity contribution is 7.94. The maximum atomic E-state index is 15.3. The lowest BCUT2D eigenvalue weighted by atomic mass is 9.99. The summed E-state index contributed by atoms with van der Waals surface area (Å²) in [6.07, 6.45) is 1.56. The van der Waals surface area contributed by atoms with Crippen LogP contribution in [0, 0.1) is 11.6 Å². The number of methoxy groups -OCH3 is 1. The van der Waals surface area contributed by atoms with E-state index in [1.54, 1.807) is 32.0 Å². The number of pyridine rings is 1. The number of rotatable bonds is 8. The summed E-state index contributed by atoms with van der Waals surface area (Å²) in [7, 11) is -2.24. The first kappa shape index (κ1) is 27.6. The van der Waals surface area contributed by atoms with Gasteiger partial charge in [-0.2, -0.15) is 0 Å². The standard InChI is InChI=1S/C28H28F2N2O5S/c1-28(2,34)25-14-18(10-12-31-25)16-32(22-11-13-38(35,36)17-22)27(33)26(37-3)23-9-6-20(15-24(23)30)19-4-7-21(29)8-5-19/h4-15,22,26,34H,16-17H2,1-3H3/t22-,26-/m0/s1. The highest BCUT2D eigenvalue weighted by atomic mass is 32.2. The van der Waals surface area contributed by atoms with Crippen molar-refractivity contribution in [3.63, 3.8) is 0 Å². The number of nitrogens with zero attached hydrogens (tertiary/aromatic N) is 2. The number of amides is 1. The van der Waals surface area contributed by atoms with Gasteiger partial charge >= 0.3 is 0 Å². The lowest BCUT2D eigenvalue weighted by Crippen LogP contribution is -2.43. The predicted molar refractivity (Wildman–Crippen MR) is 138 cm³/mol. The topological polar surface area (TPSA) is 96.8 Å². The van der Waals surface area contributed by atoms with Gasteiger partial charge in [0.15, 0.2) is 15.9 Å². The molecule has 0 unspecified atom stereocenters. The Kier molecular flexibility index (Phi) is 7.78. The average molecular weight is 543 g/mol. The Hall–Kier alpha value is -3.47. The second-order valence-electron chi connectivity index (χ2n) is 9.66. The molecule has 3 aromatic rings. The van der Waals surface area contributed by atoms with E-state index in [2.05, 4.69) is 4.98 Å². The van der Waals surface area contributed by atoms with Crippen molar-refractivity contribution in [1.82, 2.24) is 9.88 Å². The van der Waals surface area contributed by atoms with Crippen LogP contribution in [-0.4, -0.2) is 48.2 Å². The second-order valence-corrected chi connectivity index (χ2v) is 11.6. The van der Waals surface area contributed by atoms with Crippen LogP contribution in [0.4, 0.5) is 8.78 Å². The number of aromatic nitrogens is 1. The van der Waals surface area contributed by atoms with Gasteiger partial charge < -0.3 is 14.7 Å². The number of carbonyl (C=O) groups excluding carboxylic acids is 1. The van der Waals surface area contributed by atoms with Crippen molar-refractivity contribution < 1.29 is 31.8 Å². The van der Waals surface area contributed by atoms with E-state index in [0.717, 1.165) is 5.41 Å². The van der Waals surface area contributed by atoms with Gasteiger partial charge in [0.05, 0.1) is 17.5 Å². The van der Waals surface area contributed by atoms with Crippen LogP contribution < -0.4 is 0 Å². The summed E-state index contributed by atoms with van der Waals surface area (Å²) in [5, 5.41) is 11.4. The first-order valence-electron chi connectivity index (χ1n) is 11.9. The van der Waals surface area contributed by atoms with Crippen molar-refractivity contribution in [1.29, 1.82) is 0 Å². The molecule has 0 aliphatic carbocycles. The second kappa shape index (κ2) is 10.7. The minimum absolute atomic E-state index is 0.0231. The molecule has 0 fully saturated rings. The van der Waals surface area contributed by atoms with Gasteiger partial charge in [0.1, 0.15) is 17.2 Å². The molecule has 0 bridgehead atoms. The highest BCUT2D eigenvalue weighted by Crippen LogP contribution is 2.30. The van der Waals surface area contributed by atoms with Gasteiger partial charge in [0.25, 0.3) is 5.91 Å². The van der Waals surface area contributed by atoms with Gasteiger partial charge in [-0.05, 0) is 66.9 Å². The van der Waals surface area contributed by atoms with Crippen molar-refractivity contribution >= 4 is 15.7 Å². The van der Waals surface area contributed by atoms with Crippen molar-refractivity contribution in [3.8, 4) is 11.1 Å². The molecule has 4 rings (SSSR count). The van der Waals surface area contributed by atoms with Crippen LogP contribution in [0.3, 0.4) is 0 Å². The molecule has 10 heteroatoms. The van der Waals surface area contributed by atoms with E-state index in [9.17, 15) is 22.7 Å². The summed E-state index contributed by atoms with van der Waals surface area (Å²) >= 11 is 0. The Morgan fingerprint density at radius 2 is 1.82 bits per heavy atom. The summed E-state index contributed by atoms with van der Waals surface area (Å²) in [6, 6.07) is 12.3. The third-order valence-electron chi connectivity index (χ3n) is 6.32. The third-order valence-corrected chi connectivity index (χ3v) is 7.70. The molecule has 2 heterocycles. The molecule has 1 amide bonds. The molecule has 1 aliphatic rings. The minimum atomic E-state index is -3.51. The van der Waals surface area contributed by atoms with Gasteiger partial charge in [-0.15, -0.1) is 0 Å². The number of sulfone groups is 1. The number of hydrogen-bond acceptors (Lipinski definition) is 6. The van der Waals surface area contributed by atoms with Crippen molar-refractivity contribution in [2.24, 2.45) is 0 Å². The zero-order valence-electron chi connectivity index (χ0n) is 21.1. The molecule has 1 aliphatic heterocycles. The number of ether oxygens (including phenoxy) is 1. The van der Waals surface area contributed by atoms with E-state index < -0.39 is 45.1 Å². The fourth-order valence-corrected chi connectivity index (χ4v) is 5.59. The van der Waals surface area contributed by atoms with Gasteiger partial charge in [-0.1, -0.05) is 24.3 Å². The van der Waals surface area contributed by atoms with Crippen LogP contribution in [0.2, 0.25) is 0 Å². The Bertz CT molecular complexity index is 1470. The lowest BCUT2D eigenvalue weighted by Gasteiger charge is -2.31. The van der Waals surface area contributed by atoms with Crippen molar-refractivity contribution in [2.45, 2.75) is 38.1 Å². The number of benzene rings is 2. The molecule has 0 spiro atoms. The maximum absolute atomic E-state index is 15.3. The van der Waals surface area contributed by atoms with Gasteiger partial charge in [-0.25, -0.2) is 17.2 Å². The van der Waals surface area contributed by atoms with Gasteiger partial charge in [0, 0.05) is 30.8 Å². The summed E-state index contributed by atoms with van der Waals surface area (Å²) in [4.78, 5) is 19.3. The first-order chi connectivity index (χ1) is 17.9. The summed E-state index contributed by atoms with van der Waals surface area (Å²) in [5.74, 6) is -2.06. The molecular weight excluding hydrogens is 514 g/mol. The number of carbonyl (C=O) groups is 1. The molecule has 1 aromatic heterocycles. The van der Waals surface area contributed by atoms with Crippen LogP contribution in [0.1, 0.15) is 36.8 Å². The van der Waals surface area contributed by atoms with Crippen LogP contribution in [0.25, 0.3) is 11.1 Å². The van der Waals surface area contributed by atoms with Crippen molar-refractivity contribution in [2.75, 3.05) is 12.9 Å². The van der Waals surface area contributed by atoms with E-state index in [-0.39, 0.29) is 17.9 Å². The predicted octanol–water partition coefficient (Wildman–Crippen LogP) is 4.28. The van der Waals surface area contributed by atoms with Crippen LogP contribution in [0.15, 0.2) is 72.3 Å². The van der Waals surface area contributed by atoms with E-state index >= 15 is 4.39 Å². The van der Waals surface area contributed by atoms with Gasteiger partial charge in [-0.3, -0.25) is 9.78 Å². The Labute approximate surface area is 220 Å². The van der Waals surface area contributed by atoms with E-state index in [1.165, 1.54) is 60.7 Å². The molecule has 200 valence electrons. The molecule has 0 saturated heterocycles.